The number of hydrogen-bond acceptors (Lipinski definition) is 2. The first kappa shape index (κ1) is 12.3. The number of carbonyl (C=O) groups excluding carboxylic acids is 1. The zero-order valence-electron chi connectivity index (χ0n) is 10.5. The minimum Gasteiger partial charge on any atom is -0.466 e. The molecule has 0 aromatic rings. The predicted molar refractivity (Wildman–Crippen MR) is 61.4 cm³/mol. The van der Waals surface area contributed by atoms with Crippen molar-refractivity contribution in [2.45, 2.75) is 41.0 Å². The van der Waals surface area contributed by atoms with Crippen LogP contribution < -0.4 is 0 Å². The second-order valence-corrected chi connectivity index (χ2v) is 5.17. The normalized spacial score (nSPS) is 27.0. The standard InChI is InChI=1S/C13H22O2/c1-6-15-12(14)11-10(13(11,4)5)8-7-9(2)3/h7,10-11H,6,8H2,1-5H3. The first-order valence-electron chi connectivity index (χ1n) is 5.71. The van der Waals surface area contributed by atoms with Crippen molar-refractivity contribution in [1.29, 1.82) is 0 Å². The molecule has 0 saturated heterocycles. The first-order valence-corrected chi connectivity index (χ1v) is 5.71. The highest BCUT2D eigenvalue weighted by Gasteiger charge is 2.61. The highest BCUT2D eigenvalue weighted by atomic mass is 16.5. The van der Waals surface area contributed by atoms with Gasteiger partial charge in [-0.15, -0.1) is 0 Å². The number of esters is 1. The first-order chi connectivity index (χ1) is 6.91. The van der Waals surface area contributed by atoms with Gasteiger partial charge >= 0.3 is 5.97 Å². The van der Waals surface area contributed by atoms with Crippen LogP contribution in [0.1, 0.15) is 41.0 Å². The molecule has 1 aliphatic carbocycles. The summed E-state index contributed by atoms with van der Waals surface area (Å²) in [4.78, 5) is 11.6. The molecule has 2 heteroatoms. The number of hydrogen-bond donors (Lipinski definition) is 0. The Morgan fingerprint density at radius 2 is 2.00 bits per heavy atom. The second kappa shape index (κ2) is 4.38. The van der Waals surface area contributed by atoms with Gasteiger partial charge in [-0.3, -0.25) is 4.79 Å². The average Bonchev–Trinajstić information content (AvgIpc) is 2.65. The molecule has 0 aliphatic heterocycles. The third-order valence-corrected chi connectivity index (χ3v) is 3.37. The Morgan fingerprint density at radius 1 is 1.40 bits per heavy atom. The second-order valence-electron chi connectivity index (χ2n) is 5.17. The third-order valence-electron chi connectivity index (χ3n) is 3.37. The topological polar surface area (TPSA) is 26.3 Å². The van der Waals surface area contributed by atoms with Crippen molar-refractivity contribution >= 4 is 5.97 Å². The zero-order chi connectivity index (χ0) is 11.6. The van der Waals surface area contributed by atoms with Gasteiger partial charge in [0.25, 0.3) is 0 Å². The van der Waals surface area contributed by atoms with Gasteiger partial charge in [0.15, 0.2) is 0 Å². The van der Waals surface area contributed by atoms with E-state index in [1.165, 1.54) is 5.57 Å². The van der Waals surface area contributed by atoms with Gasteiger partial charge in [-0.1, -0.05) is 25.5 Å². The van der Waals surface area contributed by atoms with E-state index in [-0.39, 0.29) is 17.3 Å². The third kappa shape index (κ3) is 2.61. The van der Waals surface area contributed by atoms with E-state index in [0.29, 0.717) is 12.5 Å². The maximum Gasteiger partial charge on any atom is 0.309 e. The maximum atomic E-state index is 11.6. The summed E-state index contributed by atoms with van der Waals surface area (Å²) in [5.41, 5.74) is 1.44. The summed E-state index contributed by atoms with van der Waals surface area (Å²) in [6.07, 6.45) is 3.21. The van der Waals surface area contributed by atoms with Crippen LogP contribution in [0.25, 0.3) is 0 Å². The Kier molecular flexibility index (Phi) is 3.58. The van der Waals surface area contributed by atoms with Crippen LogP contribution in [0, 0.1) is 17.3 Å². The molecule has 2 unspecified atom stereocenters. The minimum atomic E-state index is -0.0188. The van der Waals surface area contributed by atoms with Crippen LogP contribution in [0.15, 0.2) is 11.6 Å². The zero-order valence-corrected chi connectivity index (χ0v) is 10.5. The molecular formula is C13H22O2. The molecule has 0 bridgehead atoms. The molecule has 0 spiro atoms. The Hall–Kier alpha value is -0.790. The summed E-state index contributed by atoms with van der Waals surface area (Å²) in [7, 11) is 0. The largest absolute Gasteiger partial charge is 0.466 e. The van der Waals surface area contributed by atoms with Gasteiger partial charge in [0, 0.05) is 0 Å². The molecule has 0 radical (unpaired) electrons. The SMILES string of the molecule is CCOC(=O)C1C(CC=C(C)C)C1(C)C. The van der Waals surface area contributed by atoms with Crippen LogP contribution in [0.2, 0.25) is 0 Å². The number of rotatable bonds is 4. The molecule has 0 aromatic heterocycles. The molecule has 86 valence electrons. The summed E-state index contributed by atoms with van der Waals surface area (Å²) in [6.45, 7) is 10.8. The fourth-order valence-electron chi connectivity index (χ4n) is 2.25. The van der Waals surface area contributed by atoms with E-state index >= 15 is 0 Å². The van der Waals surface area contributed by atoms with Crippen LogP contribution in [-0.4, -0.2) is 12.6 Å². The summed E-state index contributed by atoms with van der Waals surface area (Å²) in [5.74, 6) is 0.550. The van der Waals surface area contributed by atoms with E-state index in [1.807, 2.05) is 6.92 Å². The molecule has 1 aliphatic rings. The maximum absolute atomic E-state index is 11.6. The van der Waals surface area contributed by atoms with Crippen molar-refractivity contribution < 1.29 is 9.53 Å². The van der Waals surface area contributed by atoms with E-state index in [1.54, 1.807) is 0 Å². The molecule has 2 nitrogen and oxygen atoms in total. The van der Waals surface area contributed by atoms with Gasteiger partial charge < -0.3 is 4.74 Å². The molecule has 1 fully saturated rings. The van der Waals surface area contributed by atoms with Gasteiger partial charge in [0.2, 0.25) is 0 Å². The van der Waals surface area contributed by atoms with Gasteiger partial charge in [-0.25, -0.2) is 0 Å². The lowest BCUT2D eigenvalue weighted by Gasteiger charge is -2.01. The van der Waals surface area contributed by atoms with Gasteiger partial charge in [0.05, 0.1) is 12.5 Å². The predicted octanol–water partition coefficient (Wildman–Crippen LogP) is 3.18. The van der Waals surface area contributed by atoms with Gasteiger partial charge in [0.1, 0.15) is 0 Å². The summed E-state index contributed by atoms with van der Waals surface area (Å²) in [5, 5.41) is 0. The van der Waals surface area contributed by atoms with Crippen molar-refractivity contribution in [2.75, 3.05) is 6.61 Å². The quantitative estimate of drug-likeness (QED) is 0.526. The average molecular weight is 210 g/mol. The van der Waals surface area contributed by atoms with Crippen LogP contribution >= 0.6 is 0 Å². The monoisotopic (exact) mass is 210 g/mol. The Morgan fingerprint density at radius 3 is 2.47 bits per heavy atom. The molecule has 0 N–H and O–H groups in total. The van der Waals surface area contributed by atoms with Crippen molar-refractivity contribution in [3.8, 4) is 0 Å². The summed E-state index contributed by atoms with van der Waals surface area (Å²) in [6, 6.07) is 0. The Balaban J connectivity index is 2.55. The Bertz CT molecular complexity index is 272. The summed E-state index contributed by atoms with van der Waals surface area (Å²) < 4.78 is 5.08. The molecule has 1 rings (SSSR count). The van der Waals surface area contributed by atoms with Crippen molar-refractivity contribution in [1.82, 2.24) is 0 Å². The van der Waals surface area contributed by atoms with Crippen molar-refractivity contribution in [2.24, 2.45) is 17.3 Å². The minimum absolute atomic E-state index is 0.0188. The van der Waals surface area contributed by atoms with E-state index in [4.69, 9.17) is 4.74 Å². The van der Waals surface area contributed by atoms with E-state index < -0.39 is 0 Å². The smallest absolute Gasteiger partial charge is 0.309 e. The lowest BCUT2D eigenvalue weighted by Crippen LogP contribution is -2.10. The molecule has 0 amide bonds. The Labute approximate surface area is 92.7 Å². The fraction of sp³-hybridized carbons (Fsp3) is 0.769. The van der Waals surface area contributed by atoms with Crippen LogP contribution in [0.3, 0.4) is 0 Å². The van der Waals surface area contributed by atoms with Crippen molar-refractivity contribution in [3.05, 3.63) is 11.6 Å². The van der Waals surface area contributed by atoms with Crippen LogP contribution in [-0.2, 0) is 9.53 Å². The number of ether oxygens (including phenoxy) is 1. The molecule has 0 aromatic carbocycles. The fourth-order valence-corrected chi connectivity index (χ4v) is 2.25. The highest BCUT2D eigenvalue weighted by Crippen LogP contribution is 2.60. The van der Waals surface area contributed by atoms with E-state index in [0.717, 1.165) is 6.42 Å². The lowest BCUT2D eigenvalue weighted by atomic mass is 10.1. The highest BCUT2D eigenvalue weighted by molar-refractivity contribution is 5.77. The molecule has 2 atom stereocenters. The number of allylic oxidation sites excluding steroid dienone is 2. The van der Waals surface area contributed by atoms with Crippen LogP contribution in [0.5, 0.6) is 0 Å². The lowest BCUT2D eigenvalue weighted by molar-refractivity contribution is -0.145. The van der Waals surface area contributed by atoms with Gasteiger partial charge in [-0.05, 0) is 38.5 Å². The van der Waals surface area contributed by atoms with Crippen molar-refractivity contribution in [3.63, 3.8) is 0 Å². The molecule has 0 heterocycles. The molecular weight excluding hydrogens is 188 g/mol. The molecule has 15 heavy (non-hydrogen) atoms. The van der Waals surface area contributed by atoms with Gasteiger partial charge in [-0.2, -0.15) is 0 Å². The van der Waals surface area contributed by atoms with E-state index in [9.17, 15) is 4.79 Å². The van der Waals surface area contributed by atoms with Crippen LogP contribution in [0.4, 0.5) is 0 Å². The number of carbonyl (C=O) groups is 1. The van der Waals surface area contributed by atoms with E-state index in [2.05, 4.69) is 33.8 Å². The summed E-state index contributed by atoms with van der Waals surface area (Å²) >= 11 is 0. The molecule has 1 saturated carbocycles.